The van der Waals surface area contributed by atoms with Crippen LogP contribution in [0, 0.1) is 0 Å². The molecule has 0 heterocycles. The van der Waals surface area contributed by atoms with Gasteiger partial charge >= 0.3 is 23.9 Å². The molecule has 0 N–H and O–H groups in total. The average molecular weight is 240 g/mol. The summed E-state index contributed by atoms with van der Waals surface area (Å²) >= 11 is 0. The lowest BCUT2D eigenvalue weighted by atomic mass is 9.95. The third-order valence-electron chi connectivity index (χ3n) is 1.60. The molecule has 88 valence electrons. The van der Waals surface area contributed by atoms with E-state index in [0.29, 0.717) is 0 Å². The maximum atomic E-state index is 12.6. The Morgan fingerprint density at radius 3 is 1.40 bits per heavy atom. The quantitative estimate of drug-likeness (QED) is 0.556. The van der Waals surface area contributed by atoms with Gasteiger partial charge in [-0.05, 0) is 6.92 Å². The maximum Gasteiger partial charge on any atom is 0.401 e. The summed E-state index contributed by atoms with van der Waals surface area (Å²) in [6.45, 7) is -0.522. The number of hydrogen-bond acceptors (Lipinski definition) is 2. The Labute approximate surface area is 78.0 Å². The van der Waals surface area contributed by atoms with Crippen LogP contribution < -0.4 is 0 Å². The van der Waals surface area contributed by atoms with Gasteiger partial charge in [0.25, 0.3) is 5.67 Å². The van der Waals surface area contributed by atoms with Crippen LogP contribution in [-0.2, 0) is 9.59 Å². The molecule has 2 nitrogen and oxygen atoms in total. The Morgan fingerprint density at radius 1 is 0.867 bits per heavy atom. The van der Waals surface area contributed by atoms with Crippen LogP contribution in [0.5, 0.6) is 0 Å². The van der Waals surface area contributed by atoms with Crippen LogP contribution in [-0.4, -0.2) is 29.6 Å². The van der Waals surface area contributed by atoms with E-state index in [4.69, 9.17) is 0 Å². The molecule has 0 aliphatic rings. The van der Waals surface area contributed by atoms with Crippen LogP contribution in [0.4, 0.5) is 30.7 Å². The van der Waals surface area contributed by atoms with Crippen molar-refractivity contribution < 1.29 is 40.3 Å². The summed E-state index contributed by atoms with van der Waals surface area (Å²) in [6, 6.07) is -7.30. The molecule has 0 aromatic rings. The highest BCUT2D eigenvalue weighted by Crippen LogP contribution is 2.45. The molecule has 0 aromatic carbocycles. The Kier molecular flexibility index (Phi) is 3.19. The lowest BCUT2D eigenvalue weighted by molar-refractivity contribution is -0.259. The van der Waals surface area contributed by atoms with Gasteiger partial charge in [-0.3, -0.25) is 9.59 Å². The van der Waals surface area contributed by atoms with Crippen molar-refractivity contribution in [2.24, 2.45) is 0 Å². The van der Waals surface area contributed by atoms with Crippen LogP contribution in [0.1, 0.15) is 6.92 Å². The smallest absolute Gasteiger partial charge is 0.257 e. The second kappa shape index (κ2) is 3.46. The molecule has 1 unspecified atom stereocenters. The standard InChI is InChI=1S/C6H3F7O2/c1-4(9,2(7)14)6(12,13)5(10,11)3(8)15/h1H3. The molecule has 0 saturated heterocycles. The van der Waals surface area contributed by atoms with Crippen molar-refractivity contribution in [1.82, 2.24) is 0 Å². The average Bonchev–Trinajstić information content (AvgIpc) is 2.02. The van der Waals surface area contributed by atoms with Crippen molar-refractivity contribution in [3.8, 4) is 0 Å². The fourth-order valence-electron chi connectivity index (χ4n) is 0.542. The highest BCUT2D eigenvalue weighted by molar-refractivity contribution is 5.84. The third-order valence-corrected chi connectivity index (χ3v) is 1.60. The van der Waals surface area contributed by atoms with E-state index in [0.717, 1.165) is 0 Å². The number of carbonyl (C=O) groups is 2. The van der Waals surface area contributed by atoms with Crippen LogP contribution in [0.15, 0.2) is 0 Å². The molecule has 1 atom stereocenters. The minimum atomic E-state index is -6.11. The molecule has 0 saturated carbocycles. The molecule has 0 aliphatic carbocycles. The van der Waals surface area contributed by atoms with Gasteiger partial charge in [0.05, 0.1) is 0 Å². The predicted octanol–water partition coefficient (Wildman–Crippen LogP) is 1.98. The van der Waals surface area contributed by atoms with E-state index in [2.05, 4.69) is 0 Å². The van der Waals surface area contributed by atoms with E-state index in [1.54, 1.807) is 0 Å². The molecule has 0 radical (unpaired) electrons. The van der Waals surface area contributed by atoms with Crippen molar-refractivity contribution in [1.29, 1.82) is 0 Å². The van der Waals surface area contributed by atoms with Gasteiger partial charge in [0, 0.05) is 0 Å². The summed E-state index contributed by atoms with van der Waals surface area (Å²) in [7, 11) is 0. The molecule has 9 heteroatoms. The maximum absolute atomic E-state index is 12.6. The summed E-state index contributed by atoms with van der Waals surface area (Å²) in [5.74, 6) is -12.2. The van der Waals surface area contributed by atoms with Gasteiger partial charge in [-0.2, -0.15) is 26.3 Å². The van der Waals surface area contributed by atoms with E-state index >= 15 is 0 Å². The number of carbonyl (C=O) groups excluding carboxylic acids is 2. The van der Waals surface area contributed by atoms with E-state index in [1.165, 1.54) is 0 Å². The van der Waals surface area contributed by atoms with Crippen molar-refractivity contribution in [3.05, 3.63) is 0 Å². The molecule has 0 bridgehead atoms. The van der Waals surface area contributed by atoms with Gasteiger partial charge in [-0.15, -0.1) is 0 Å². The summed E-state index contributed by atoms with van der Waals surface area (Å²) in [5, 5.41) is 0. The summed E-state index contributed by atoms with van der Waals surface area (Å²) in [6.07, 6.45) is 0. The Morgan fingerprint density at radius 2 is 1.20 bits per heavy atom. The molecule has 0 amide bonds. The first-order chi connectivity index (χ1) is 6.39. The fraction of sp³-hybridized carbons (Fsp3) is 0.667. The zero-order chi connectivity index (χ0) is 12.7. The topological polar surface area (TPSA) is 34.1 Å². The first kappa shape index (κ1) is 13.8. The largest absolute Gasteiger partial charge is 0.401 e. The van der Waals surface area contributed by atoms with E-state index in [-0.39, 0.29) is 0 Å². The predicted molar refractivity (Wildman–Crippen MR) is 31.6 cm³/mol. The monoisotopic (exact) mass is 240 g/mol. The molecular formula is C6H3F7O2. The second-order valence-electron chi connectivity index (χ2n) is 2.70. The molecule has 0 aromatic heterocycles. The van der Waals surface area contributed by atoms with E-state index in [9.17, 15) is 40.3 Å². The van der Waals surface area contributed by atoms with Crippen LogP contribution in [0.25, 0.3) is 0 Å². The molecule has 0 fully saturated rings. The highest BCUT2D eigenvalue weighted by Gasteiger charge is 2.75. The van der Waals surface area contributed by atoms with Crippen molar-refractivity contribution in [2.45, 2.75) is 24.4 Å². The van der Waals surface area contributed by atoms with Gasteiger partial charge < -0.3 is 0 Å². The first-order valence-electron chi connectivity index (χ1n) is 3.23. The van der Waals surface area contributed by atoms with Crippen LogP contribution in [0.2, 0.25) is 0 Å². The van der Waals surface area contributed by atoms with Crippen LogP contribution >= 0.6 is 0 Å². The number of rotatable bonds is 4. The number of halogens is 7. The Hall–Kier alpha value is -1.15. The van der Waals surface area contributed by atoms with Crippen molar-refractivity contribution in [3.63, 3.8) is 0 Å². The lowest BCUT2D eigenvalue weighted by Crippen LogP contribution is -2.60. The Bertz CT molecular complexity index is 268. The minimum absolute atomic E-state index is 0.522. The SMILES string of the molecule is CC(F)(C(=O)F)C(F)(F)C(F)(F)C(=O)F. The fourth-order valence-corrected chi connectivity index (χ4v) is 0.542. The summed E-state index contributed by atoms with van der Waals surface area (Å²) in [4.78, 5) is 19.2. The van der Waals surface area contributed by atoms with Crippen LogP contribution in [0.3, 0.4) is 0 Å². The number of alkyl halides is 5. The second-order valence-corrected chi connectivity index (χ2v) is 2.70. The Balaban J connectivity index is 5.50. The van der Waals surface area contributed by atoms with Crippen molar-refractivity contribution in [2.75, 3.05) is 0 Å². The van der Waals surface area contributed by atoms with Crippen molar-refractivity contribution >= 4 is 12.1 Å². The zero-order valence-electron chi connectivity index (χ0n) is 6.96. The summed E-state index contributed by atoms with van der Waals surface area (Å²) < 4.78 is 84.9. The van der Waals surface area contributed by atoms with E-state index < -0.39 is 36.5 Å². The normalized spacial score (nSPS) is 17.1. The molecule has 15 heavy (non-hydrogen) atoms. The minimum Gasteiger partial charge on any atom is -0.257 e. The molecule has 0 spiro atoms. The number of hydrogen-bond donors (Lipinski definition) is 0. The van der Waals surface area contributed by atoms with Gasteiger partial charge in [0.15, 0.2) is 0 Å². The van der Waals surface area contributed by atoms with Gasteiger partial charge in [0.1, 0.15) is 0 Å². The lowest BCUT2D eigenvalue weighted by Gasteiger charge is -2.29. The molecular weight excluding hydrogens is 237 g/mol. The van der Waals surface area contributed by atoms with Gasteiger partial charge in [0.2, 0.25) is 0 Å². The third kappa shape index (κ3) is 1.82. The summed E-state index contributed by atoms with van der Waals surface area (Å²) in [5.41, 5.74) is -4.99. The van der Waals surface area contributed by atoms with E-state index in [1.807, 2.05) is 0 Å². The highest BCUT2D eigenvalue weighted by atomic mass is 19.3. The molecule has 0 rings (SSSR count). The first-order valence-corrected chi connectivity index (χ1v) is 3.23. The molecule has 0 aliphatic heterocycles. The van der Waals surface area contributed by atoms with Gasteiger partial charge in [-0.1, -0.05) is 0 Å². The van der Waals surface area contributed by atoms with Gasteiger partial charge in [-0.25, -0.2) is 4.39 Å². The zero-order valence-corrected chi connectivity index (χ0v) is 6.96.